The largest absolute Gasteiger partial charge is 0.493 e. The van der Waals surface area contributed by atoms with Crippen LogP contribution in [0.3, 0.4) is 0 Å². The topological polar surface area (TPSA) is 30.5 Å². The van der Waals surface area contributed by atoms with Crippen LogP contribution in [0.15, 0.2) is 18.2 Å². The minimum atomic E-state index is 0.413. The fourth-order valence-corrected chi connectivity index (χ4v) is 2.43. The zero-order valence-corrected chi connectivity index (χ0v) is 11.4. The van der Waals surface area contributed by atoms with Crippen LogP contribution in [0.5, 0.6) is 5.75 Å². The van der Waals surface area contributed by atoms with Crippen molar-refractivity contribution in [3.8, 4) is 5.75 Å². The fraction of sp³-hybridized carbons (Fsp3) is 0.600. The molecule has 100 valence electrons. The standard InChI is InChI=1S/C15H23NO2/c1-3-17-9-4-5-14(16-2)12-6-7-15-13(11-12)8-10-18-15/h6-7,11,14,16H,3-5,8-10H2,1-2H3. The molecule has 3 heteroatoms. The number of fused-ring (bicyclic) bond motifs is 1. The Labute approximate surface area is 109 Å². The van der Waals surface area contributed by atoms with Gasteiger partial charge in [-0.3, -0.25) is 0 Å². The van der Waals surface area contributed by atoms with E-state index in [2.05, 4.69) is 23.5 Å². The van der Waals surface area contributed by atoms with E-state index >= 15 is 0 Å². The van der Waals surface area contributed by atoms with Crippen molar-refractivity contribution in [1.82, 2.24) is 5.32 Å². The molecule has 0 saturated heterocycles. The van der Waals surface area contributed by atoms with E-state index in [0.29, 0.717) is 6.04 Å². The third-order valence-electron chi connectivity index (χ3n) is 3.45. The lowest BCUT2D eigenvalue weighted by Gasteiger charge is -2.17. The number of rotatable bonds is 7. The summed E-state index contributed by atoms with van der Waals surface area (Å²) in [6, 6.07) is 6.97. The van der Waals surface area contributed by atoms with Gasteiger partial charge in [-0.1, -0.05) is 12.1 Å². The normalized spacial score (nSPS) is 15.2. The Morgan fingerprint density at radius 3 is 3.11 bits per heavy atom. The summed E-state index contributed by atoms with van der Waals surface area (Å²) in [5.74, 6) is 1.06. The van der Waals surface area contributed by atoms with Gasteiger partial charge in [0.1, 0.15) is 5.75 Å². The molecule has 1 N–H and O–H groups in total. The van der Waals surface area contributed by atoms with Crippen LogP contribution in [-0.2, 0) is 11.2 Å². The van der Waals surface area contributed by atoms with Crippen molar-refractivity contribution >= 4 is 0 Å². The van der Waals surface area contributed by atoms with Gasteiger partial charge in [0.15, 0.2) is 0 Å². The molecule has 0 bridgehead atoms. The third kappa shape index (κ3) is 3.24. The first kappa shape index (κ1) is 13.4. The monoisotopic (exact) mass is 249 g/mol. The quantitative estimate of drug-likeness (QED) is 0.754. The molecule has 0 radical (unpaired) electrons. The number of benzene rings is 1. The predicted molar refractivity (Wildman–Crippen MR) is 73.2 cm³/mol. The zero-order valence-electron chi connectivity index (χ0n) is 11.4. The molecule has 3 nitrogen and oxygen atoms in total. The van der Waals surface area contributed by atoms with Crippen molar-refractivity contribution in [2.75, 3.05) is 26.9 Å². The molecule has 2 rings (SSSR count). The highest BCUT2D eigenvalue weighted by molar-refractivity contribution is 5.40. The molecule has 18 heavy (non-hydrogen) atoms. The highest BCUT2D eigenvalue weighted by Crippen LogP contribution is 2.29. The summed E-state index contributed by atoms with van der Waals surface area (Å²) in [4.78, 5) is 0. The van der Waals surface area contributed by atoms with Crippen LogP contribution in [0.2, 0.25) is 0 Å². The summed E-state index contributed by atoms with van der Waals surface area (Å²) in [5, 5.41) is 3.39. The highest BCUT2D eigenvalue weighted by Gasteiger charge is 2.15. The van der Waals surface area contributed by atoms with Gasteiger partial charge in [-0.15, -0.1) is 0 Å². The zero-order chi connectivity index (χ0) is 12.8. The minimum absolute atomic E-state index is 0.413. The van der Waals surface area contributed by atoms with Crippen LogP contribution >= 0.6 is 0 Å². The van der Waals surface area contributed by atoms with E-state index in [0.717, 1.165) is 44.8 Å². The molecular weight excluding hydrogens is 226 g/mol. The number of nitrogens with one attached hydrogen (secondary N) is 1. The first-order valence-corrected chi connectivity index (χ1v) is 6.85. The second-order valence-electron chi connectivity index (χ2n) is 4.65. The van der Waals surface area contributed by atoms with Gasteiger partial charge in [-0.05, 0) is 44.0 Å². The van der Waals surface area contributed by atoms with Crippen molar-refractivity contribution in [2.24, 2.45) is 0 Å². The fourth-order valence-electron chi connectivity index (χ4n) is 2.43. The molecule has 1 aliphatic heterocycles. The Kier molecular flexibility index (Phi) is 5.02. The Morgan fingerprint density at radius 1 is 1.44 bits per heavy atom. The van der Waals surface area contributed by atoms with Gasteiger partial charge in [0.25, 0.3) is 0 Å². The molecular formula is C15H23NO2. The van der Waals surface area contributed by atoms with E-state index in [1.165, 1.54) is 11.1 Å². The maximum atomic E-state index is 5.54. The van der Waals surface area contributed by atoms with Gasteiger partial charge < -0.3 is 14.8 Å². The van der Waals surface area contributed by atoms with Crippen LogP contribution in [0.1, 0.15) is 36.9 Å². The van der Waals surface area contributed by atoms with E-state index in [4.69, 9.17) is 9.47 Å². The van der Waals surface area contributed by atoms with Crippen molar-refractivity contribution < 1.29 is 9.47 Å². The Balaban J connectivity index is 1.94. The van der Waals surface area contributed by atoms with E-state index < -0.39 is 0 Å². The van der Waals surface area contributed by atoms with Crippen LogP contribution < -0.4 is 10.1 Å². The van der Waals surface area contributed by atoms with Gasteiger partial charge in [0, 0.05) is 25.7 Å². The second-order valence-corrected chi connectivity index (χ2v) is 4.65. The number of hydrogen-bond acceptors (Lipinski definition) is 3. The van der Waals surface area contributed by atoms with Gasteiger partial charge in [-0.25, -0.2) is 0 Å². The predicted octanol–water partition coefficient (Wildman–Crippen LogP) is 2.70. The number of ether oxygens (including phenoxy) is 2. The molecule has 0 aliphatic carbocycles. The maximum Gasteiger partial charge on any atom is 0.122 e. The van der Waals surface area contributed by atoms with Crippen molar-refractivity contribution in [2.45, 2.75) is 32.2 Å². The van der Waals surface area contributed by atoms with E-state index in [1.807, 2.05) is 14.0 Å². The SMILES string of the molecule is CCOCCCC(NC)c1ccc2c(c1)CCO2. The molecule has 1 unspecified atom stereocenters. The molecule has 1 atom stereocenters. The van der Waals surface area contributed by atoms with Crippen molar-refractivity contribution in [3.63, 3.8) is 0 Å². The second kappa shape index (κ2) is 6.76. The molecule has 1 heterocycles. The van der Waals surface area contributed by atoms with Crippen molar-refractivity contribution in [1.29, 1.82) is 0 Å². The Bertz CT molecular complexity index is 379. The smallest absolute Gasteiger partial charge is 0.122 e. The van der Waals surface area contributed by atoms with Crippen LogP contribution in [-0.4, -0.2) is 26.9 Å². The van der Waals surface area contributed by atoms with Gasteiger partial charge in [0.05, 0.1) is 6.61 Å². The average molecular weight is 249 g/mol. The van der Waals surface area contributed by atoms with E-state index in [1.54, 1.807) is 0 Å². The highest BCUT2D eigenvalue weighted by atomic mass is 16.5. The first-order chi connectivity index (χ1) is 8.85. The molecule has 0 aromatic heterocycles. The minimum Gasteiger partial charge on any atom is -0.493 e. The Hall–Kier alpha value is -1.06. The van der Waals surface area contributed by atoms with Crippen LogP contribution in [0.4, 0.5) is 0 Å². The first-order valence-electron chi connectivity index (χ1n) is 6.85. The summed E-state index contributed by atoms with van der Waals surface area (Å²) in [5.41, 5.74) is 2.70. The van der Waals surface area contributed by atoms with Crippen LogP contribution in [0, 0.1) is 0 Å². The third-order valence-corrected chi connectivity index (χ3v) is 3.45. The average Bonchev–Trinajstić information content (AvgIpc) is 2.86. The molecule has 0 fully saturated rings. The summed E-state index contributed by atoms with van der Waals surface area (Å²) >= 11 is 0. The molecule has 0 amide bonds. The van der Waals surface area contributed by atoms with E-state index in [-0.39, 0.29) is 0 Å². The summed E-state index contributed by atoms with van der Waals surface area (Å²) < 4.78 is 10.9. The molecule has 1 aliphatic rings. The van der Waals surface area contributed by atoms with Crippen molar-refractivity contribution in [3.05, 3.63) is 29.3 Å². The lowest BCUT2D eigenvalue weighted by molar-refractivity contribution is 0.141. The molecule has 0 saturated carbocycles. The van der Waals surface area contributed by atoms with Crippen LogP contribution in [0.25, 0.3) is 0 Å². The summed E-state index contributed by atoms with van der Waals surface area (Å²) in [6.07, 6.45) is 3.24. The van der Waals surface area contributed by atoms with Gasteiger partial charge in [-0.2, -0.15) is 0 Å². The number of hydrogen-bond donors (Lipinski definition) is 1. The van der Waals surface area contributed by atoms with E-state index in [9.17, 15) is 0 Å². The Morgan fingerprint density at radius 2 is 2.33 bits per heavy atom. The van der Waals surface area contributed by atoms with Gasteiger partial charge in [0.2, 0.25) is 0 Å². The lowest BCUT2D eigenvalue weighted by Crippen LogP contribution is -2.17. The molecule has 0 spiro atoms. The maximum absolute atomic E-state index is 5.54. The van der Waals surface area contributed by atoms with Gasteiger partial charge >= 0.3 is 0 Å². The lowest BCUT2D eigenvalue weighted by atomic mass is 9.99. The summed E-state index contributed by atoms with van der Waals surface area (Å²) in [6.45, 7) is 4.52. The molecule has 1 aromatic carbocycles. The molecule has 1 aromatic rings. The summed E-state index contributed by atoms with van der Waals surface area (Å²) in [7, 11) is 2.02.